The molecule has 21 heavy (non-hydrogen) atoms. The molecule has 116 valence electrons. The van der Waals surface area contributed by atoms with Crippen molar-refractivity contribution in [1.82, 2.24) is 0 Å². The fraction of sp³-hybridized carbons (Fsp3) is 0.611. The van der Waals surface area contributed by atoms with E-state index < -0.39 is 0 Å². The van der Waals surface area contributed by atoms with Crippen LogP contribution >= 0.6 is 0 Å². The number of rotatable bonds is 5. The van der Waals surface area contributed by atoms with Crippen molar-refractivity contribution in [3.05, 3.63) is 23.3 Å². The molecule has 0 heterocycles. The summed E-state index contributed by atoms with van der Waals surface area (Å²) < 4.78 is 5.39. The lowest BCUT2D eigenvalue weighted by atomic mass is 9.81. The molecule has 0 amide bonds. The minimum absolute atomic E-state index is 0.0887. The third-order valence-electron chi connectivity index (χ3n) is 4.71. The van der Waals surface area contributed by atoms with Crippen LogP contribution in [0.4, 0.5) is 0 Å². The van der Waals surface area contributed by atoms with E-state index in [2.05, 4.69) is 25.8 Å². The summed E-state index contributed by atoms with van der Waals surface area (Å²) in [6.45, 7) is 6.41. The van der Waals surface area contributed by atoms with Crippen molar-refractivity contribution in [1.29, 1.82) is 0 Å². The van der Waals surface area contributed by atoms with Crippen molar-refractivity contribution >= 4 is 6.21 Å². The maximum atomic E-state index is 10.6. The quantitative estimate of drug-likeness (QED) is 0.814. The van der Waals surface area contributed by atoms with Crippen LogP contribution in [-0.2, 0) is 5.41 Å². The van der Waals surface area contributed by atoms with E-state index in [0.29, 0.717) is 11.8 Å². The van der Waals surface area contributed by atoms with E-state index in [9.17, 15) is 5.11 Å². The van der Waals surface area contributed by atoms with Crippen LogP contribution in [0.5, 0.6) is 11.5 Å². The summed E-state index contributed by atoms with van der Waals surface area (Å²) in [7, 11) is 1.66. The Hall–Kier alpha value is -1.51. The standard InChI is InChI=1S/C18H27NO2/c1-5-18(2,3)16-11-15(21-4)10-13(17(16)20)12-19-14-8-6-7-9-14/h10-12,14,20H,5-9H2,1-4H3. The second kappa shape index (κ2) is 6.50. The van der Waals surface area contributed by atoms with Crippen molar-refractivity contribution < 1.29 is 9.84 Å². The number of phenolic OH excluding ortho intramolecular Hbond substituents is 1. The molecule has 0 atom stereocenters. The Kier molecular flexibility index (Phi) is 4.92. The van der Waals surface area contributed by atoms with Gasteiger partial charge in [0.15, 0.2) is 0 Å². The highest BCUT2D eigenvalue weighted by Crippen LogP contribution is 2.38. The van der Waals surface area contributed by atoms with E-state index in [1.54, 1.807) is 7.11 Å². The van der Waals surface area contributed by atoms with Gasteiger partial charge in [0.05, 0.1) is 7.11 Å². The van der Waals surface area contributed by atoms with Gasteiger partial charge in [-0.05, 0) is 36.8 Å². The van der Waals surface area contributed by atoms with Crippen LogP contribution in [0.2, 0.25) is 0 Å². The van der Waals surface area contributed by atoms with E-state index in [1.807, 2.05) is 18.3 Å². The van der Waals surface area contributed by atoms with E-state index >= 15 is 0 Å². The Morgan fingerprint density at radius 2 is 2.00 bits per heavy atom. The van der Waals surface area contributed by atoms with Crippen LogP contribution in [0.15, 0.2) is 17.1 Å². The van der Waals surface area contributed by atoms with Gasteiger partial charge in [-0.2, -0.15) is 0 Å². The molecule has 2 rings (SSSR count). The van der Waals surface area contributed by atoms with Crippen LogP contribution in [0.1, 0.15) is 64.0 Å². The minimum Gasteiger partial charge on any atom is -0.507 e. The number of methoxy groups -OCH3 is 1. The molecule has 0 bridgehead atoms. The molecule has 1 aliphatic carbocycles. The number of hydrogen-bond donors (Lipinski definition) is 1. The molecular formula is C18H27NO2. The van der Waals surface area contributed by atoms with Gasteiger partial charge in [-0.3, -0.25) is 4.99 Å². The fourth-order valence-electron chi connectivity index (χ4n) is 2.79. The molecule has 1 aromatic rings. The topological polar surface area (TPSA) is 41.8 Å². The van der Waals surface area contributed by atoms with Crippen LogP contribution in [0, 0.1) is 0 Å². The molecule has 1 aliphatic rings. The van der Waals surface area contributed by atoms with Gasteiger partial charge >= 0.3 is 0 Å². The molecule has 3 heteroatoms. The summed E-state index contributed by atoms with van der Waals surface area (Å²) in [5.74, 6) is 1.11. The highest BCUT2D eigenvalue weighted by molar-refractivity contribution is 5.85. The van der Waals surface area contributed by atoms with E-state index in [1.165, 1.54) is 12.8 Å². The minimum atomic E-state index is -0.0887. The highest BCUT2D eigenvalue weighted by atomic mass is 16.5. The summed E-state index contributed by atoms with van der Waals surface area (Å²) in [6.07, 6.45) is 7.62. The summed E-state index contributed by atoms with van der Waals surface area (Å²) >= 11 is 0. The Bertz CT molecular complexity index is 514. The molecule has 1 N–H and O–H groups in total. The van der Waals surface area contributed by atoms with Crippen molar-refractivity contribution in [2.75, 3.05) is 7.11 Å². The largest absolute Gasteiger partial charge is 0.507 e. The third-order valence-corrected chi connectivity index (χ3v) is 4.71. The molecule has 0 aliphatic heterocycles. The third kappa shape index (κ3) is 3.58. The smallest absolute Gasteiger partial charge is 0.128 e. The van der Waals surface area contributed by atoms with E-state index in [-0.39, 0.29) is 5.41 Å². The van der Waals surface area contributed by atoms with Gasteiger partial charge in [0.25, 0.3) is 0 Å². The van der Waals surface area contributed by atoms with Crippen molar-refractivity contribution in [3.8, 4) is 11.5 Å². The summed E-state index contributed by atoms with van der Waals surface area (Å²) in [6, 6.07) is 4.22. The first kappa shape index (κ1) is 15.9. The Morgan fingerprint density at radius 3 is 2.57 bits per heavy atom. The van der Waals surface area contributed by atoms with Crippen molar-refractivity contribution in [2.45, 2.75) is 64.3 Å². The zero-order valence-electron chi connectivity index (χ0n) is 13.6. The first-order valence-electron chi connectivity index (χ1n) is 7.92. The van der Waals surface area contributed by atoms with E-state index in [4.69, 9.17) is 4.74 Å². The lowest BCUT2D eigenvalue weighted by Crippen LogP contribution is -2.16. The zero-order valence-corrected chi connectivity index (χ0v) is 13.6. The number of benzene rings is 1. The van der Waals surface area contributed by atoms with Gasteiger partial charge in [0.2, 0.25) is 0 Å². The second-order valence-electron chi connectivity index (χ2n) is 6.57. The zero-order chi connectivity index (χ0) is 15.5. The van der Waals surface area contributed by atoms with Crippen LogP contribution in [0.3, 0.4) is 0 Å². The van der Waals surface area contributed by atoms with Crippen LogP contribution < -0.4 is 4.74 Å². The number of hydrogen-bond acceptors (Lipinski definition) is 3. The van der Waals surface area contributed by atoms with Gasteiger partial charge in [-0.1, -0.05) is 33.6 Å². The molecule has 0 aromatic heterocycles. The first-order chi connectivity index (χ1) is 9.97. The number of nitrogens with zero attached hydrogens (tertiary/aromatic N) is 1. The number of phenols is 1. The molecule has 3 nitrogen and oxygen atoms in total. The summed E-state index contributed by atoms with van der Waals surface area (Å²) in [5.41, 5.74) is 1.60. The maximum absolute atomic E-state index is 10.6. The summed E-state index contributed by atoms with van der Waals surface area (Å²) in [4.78, 5) is 4.64. The lowest BCUT2D eigenvalue weighted by Gasteiger charge is -2.25. The molecule has 1 fully saturated rings. The van der Waals surface area contributed by atoms with Gasteiger partial charge in [-0.25, -0.2) is 0 Å². The van der Waals surface area contributed by atoms with E-state index in [0.717, 1.165) is 36.1 Å². The average Bonchev–Trinajstić information content (AvgIpc) is 2.99. The van der Waals surface area contributed by atoms with Crippen molar-refractivity contribution in [2.24, 2.45) is 4.99 Å². The Balaban J connectivity index is 2.37. The molecule has 0 radical (unpaired) electrons. The number of ether oxygens (including phenoxy) is 1. The second-order valence-corrected chi connectivity index (χ2v) is 6.57. The molecule has 0 spiro atoms. The average molecular weight is 289 g/mol. The Labute approximate surface area is 128 Å². The predicted octanol–water partition coefficient (Wildman–Crippen LogP) is 4.45. The van der Waals surface area contributed by atoms with Crippen LogP contribution in [-0.4, -0.2) is 24.5 Å². The van der Waals surface area contributed by atoms with Gasteiger partial charge in [0.1, 0.15) is 11.5 Å². The maximum Gasteiger partial charge on any atom is 0.128 e. The molecule has 0 unspecified atom stereocenters. The monoisotopic (exact) mass is 289 g/mol. The normalized spacial score (nSPS) is 16.8. The van der Waals surface area contributed by atoms with Crippen molar-refractivity contribution in [3.63, 3.8) is 0 Å². The number of aliphatic imine (C=N–C) groups is 1. The number of aromatic hydroxyl groups is 1. The van der Waals surface area contributed by atoms with Gasteiger partial charge in [-0.15, -0.1) is 0 Å². The molecule has 1 aromatic carbocycles. The highest BCUT2D eigenvalue weighted by Gasteiger charge is 2.24. The SMILES string of the molecule is CCC(C)(C)c1cc(OC)cc(C=NC2CCCC2)c1O. The van der Waals surface area contributed by atoms with Gasteiger partial charge < -0.3 is 9.84 Å². The lowest BCUT2D eigenvalue weighted by molar-refractivity contribution is 0.400. The molecule has 1 saturated carbocycles. The Morgan fingerprint density at radius 1 is 1.33 bits per heavy atom. The molecular weight excluding hydrogens is 262 g/mol. The molecule has 0 saturated heterocycles. The summed E-state index contributed by atoms with van der Waals surface area (Å²) in [5, 5.41) is 10.6. The fourth-order valence-corrected chi connectivity index (χ4v) is 2.79. The first-order valence-corrected chi connectivity index (χ1v) is 7.92. The van der Waals surface area contributed by atoms with Crippen LogP contribution in [0.25, 0.3) is 0 Å². The predicted molar refractivity (Wildman–Crippen MR) is 87.8 cm³/mol. The van der Waals surface area contributed by atoms with Gasteiger partial charge in [0, 0.05) is 23.4 Å².